The van der Waals surface area contributed by atoms with Crippen molar-refractivity contribution in [2.45, 2.75) is 20.0 Å². The van der Waals surface area contributed by atoms with E-state index in [0.717, 1.165) is 12.0 Å². The van der Waals surface area contributed by atoms with Crippen molar-refractivity contribution in [3.63, 3.8) is 0 Å². The van der Waals surface area contributed by atoms with Gasteiger partial charge in [-0.2, -0.15) is 0 Å². The van der Waals surface area contributed by atoms with Gasteiger partial charge in [0.2, 0.25) is 0 Å². The van der Waals surface area contributed by atoms with Crippen molar-refractivity contribution in [3.05, 3.63) is 60.2 Å². The number of oxime groups is 1. The third kappa shape index (κ3) is 3.45. The van der Waals surface area contributed by atoms with Gasteiger partial charge in [0.05, 0.1) is 0 Å². The molecule has 0 unspecified atom stereocenters. The highest BCUT2D eigenvalue weighted by molar-refractivity contribution is 5.63. The molecular weight excluding hydrogens is 222 g/mol. The standard InChI is InChI=1S/C16H17NO/c1-2-11-17-18-13-14-7-6-10-16(12-14)15-8-4-3-5-9-15/h3-12H,2,13H2,1H3. The molecule has 0 spiro atoms. The Balaban J connectivity index is 2.08. The number of benzene rings is 2. The summed E-state index contributed by atoms with van der Waals surface area (Å²) < 4.78 is 0. The molecule has 18 heavy (non-hydrogen) atoms. The van der Waals surface area contributed by atoms with Crippen molar-refractivity contribution in [2.75, 3.05) is 0 Å². The Hall–Kier alpha value is -2.09. The van der Waals surface area contributed by atoms with Gasteiger partial charge in [-0.05, 0) is 29.2 Å². The molecule has 0 aliphatic heterocycles. The molecule has 2 aromatic carbocycles. The number of rotatable bonds is 5. The second-order valence-corrected chi connectivity index (χ2v) is 4.04. The fourth-order valence-corrected chi connectivity index (χ4v) is 1.71. The van der Waals surface area contributed by atoms with E-state index < -0.39 is 0 Å². The van der Waals surface area contributed by atoms with Crippen LogP contribution in [0.3, 0.4) is 0 Å². The number of hydrogen-bond acceptors (Lipinski definition) is 2. The molecule has 92 valence electrons. The summed E-state index contributed by atoms with van der Waals surface area (Å²) in [5.41, 5.74) is 3.55. The first kappa shape index (κ1) is 12.4. The predicted octanol–water partition coefficient (Wildman–Crippen LogP) is 4.27. The molecule has 0 saturated heterocycles. The fraction of sp³-hybridized carbons (Fsp3) is 0.188. The first-order valence-electron chi connectivity index (χ1n) is 6.18. The lowest BCUT2D eigenvalue weighted by Gasteiger charge is -2.04. The minimum absolute atomic E-state index is 0.511. The van der Waals surface area contributed by atoms with Gasteiger partial charge in [0, 0.05) is 6.21 Å². The van der Waals surface area contributed by atoms with Crippen LogP contribution in [0.5, 0.6) is 0 Å². The maximum absolute atomic E-state index is 5.22. The van der Waals surface area contributed by atoms with Crippen LogP contribution in [0.25, 0.3) is 11.1 Å². The van der Waals surface area contributed by atoms with Gasteiger partial charge in [0.15, 0.2) is 0 Å². The van der Waals surface area contributed by atoms with Gasteiger partial charge in [0.25, 0.3) is 0 Å². The Bertz CT molecular complexity index is 506. The molecule has 0 N–H and O–H groups in total. The molecule has 0 aromatic heterocycles. The van der Waals surface area contributed by atoms with Crippen molar-refractivity contribution in [1.82, 2.24) is 0 Å². The van der Waals surface area contributed by atoms with Crippen LogP contribution in [-0.4, -0.2) is 6.21 Å². The minimum atomic E-state index is 0.511. The third-order valence-electron chi connectivity index (χ3n) is 2.60. The summed E-state index contributed by atoms with van der Waals surface area (Å²) in [6, 6.07) is 18.7. The van der Waals surface area contributed by atoms with Crippen LogP contribution >= 0.6 is 0 Å². The SMILES string of the molecule is CCC=NOCc1cccc(-c2ccccc2)c1. The monoisotopic (exact) mass is 239 g/mol. The van der Waals surface area contributed by atoms with Gasteiger partial charge in [-0.3, -0.25) is 0 Å². The first-order valence-corrected chi connectivity index (χ1v) is 6.18. The lowest BCUT2D eigenvalue weighted by Crippen LogP contribution is -1.88. The Kier molecular flexibility index (Phi) is 4.53. The summed E-state index contributed by atoms with van der Waals surface area (Å²) >= 11 is 0. The van der Waals surface area contributed by atoms with Crippen LogP contribution in [0, 0.1) is 0 Å². The molecular formula is C16H17NO. The normalized spacial score (nSPS) is 10.7. The van der Waals surface area contributed by atoms with Gasteiger partial charge >= 0.3 is 0 Å². The maximum Gasteiger partial charge on any atom is 0.142 e. The van der Waals surface area contributed by atoms with Gasteiger partial charge in [-0.1, -0.05) is 60.6 Å². The van der Waals surface area contributed by atoms with Gasteiger partial charge in [-0.15, -0.1) is 0 Å². The van der Waals surface area contributed by atoms with E-state index in [1.165, 1.54) is 11.1 Å². The van der Waals surface area contributed by atoms with Crippen LogP contribution in [0.1, 0.15) is 18.9 Å². The smallest absolute Gasteiger partial charge is 0.142 e. The Morgan fingerprint density at radius 1 is 1.00 bits per heavy atom. The Morgan fingerprint density at radius 2 is 1.78 bits per heavy atom. The zero-order valence-electron chi connectivity index (χ0n) is 10.5. The summed E-state index contributed by atoms with van der Waals surface area (Å²) in [6.45, 7) is 2.54. The highest BCUT2D eigenvalue weighted by Crippen LogP contribution is 2.20. The van der Waals surface area contributed by atoms with E-state index >= 15 is 0 Å². The predicted molar refractivity (Wildman–Crippen MR) is 75.5 cm³/mol. The zero-order valence-corrected chi connectivity index (χ0v) is 10.5. The van der Waals surface area contributed by atoms with Crippen LogP contribution in [0.15, 0.2) is 59.8 Å². The van der Waals surface area contributed by atoms with E-state index in [0.29, 0.717) is 6.61 Å². The molecule has 0 fully saturated rings. The zero-order chi connectivity index (χ0) is 12.6. The molecule has 0 saturated carbocycles. The summed E-state index contributed by atoms with van der Waals surface area (Å²) in [7, 11) is 0. The lowest BCUT2D eigenvalue weighted by atomic mass is 10.0. The Morgan fingerprint density at radius 3 is 2.56 bits per heavy atom. The highest BCUT2D eigenvalue weighted by atomic mass is 16.6. The fourth-order valence-electron chi connectivity index (χ4n) is 1.71. The quantitative estimate of drug-likeness (QED) is 0.564. The highest BCUT2D eigenvalue weighted by Gasteiger charge is 1.98. The molecule has 0 aliphatic carbocycles. The Labute approximate surface area is 108 Å². The maximum atomic E-state index is 5.22. The third-order valence-corrected chi connectivity index (χ3v) is 2.60. The molecule has 2 aromatic rings. The van der Waals surface area contributed by atoms with Crippen LogP contribution in [0.2, 0.25) is 0 Å². The molecule has 0 bridgehead atoms. The van der Waals surface area contributed by atoms with E-state index in [9.17, 15) is 0 Å². The van der Waals surface area contributed by atoms with Gasteiger partial charge in [0.1, 0.15) is 6.61 Å². The van der Waals surface area contributed by atoms with Crippen molar-refractivity contribution in [3.8, 4) is 11.1 Å². The van der Waals surface area contributed by atoms with Crippen LogP contribution in [-0.2, 0) is 11.4 Å². The largest absolute Gasteiger partial charge is 0.391 e. The average Bonchev–Trinajstić information content (AvgIpc) is 2.45. The second kappa shape index (κ2) is 6.60. The number of nitrogens with zero attached hydrogens (tertiary/aromatic N) is 1. The van der Waals surface area contributed by atoms with Crippen LogP contribution < -0.4 is 0 Å². The molecule has 2 heteroatoms. The molecule has 0 amide bonds. The summed E-state index contributed by atoms with van der Waals surface area (Å²) in [4.78, 5) is 5.22. The molecule has 0 aliphatic rings. The molecule has 0 atom stereocenters. The van der Waals surface area contributed by atoms with Crippen molar-refractivity contribution in [2.24, 2.45) is 5.16 Å². The van der Waals surface area contributed by atoms with E-state index in [-0.39, 0.29) is 0 Å². The minimum Gasteiger partial charge on any atom is -0.391 e. The van der Waals surface area contributed by atoms with E-state index in [1.807, 2.05) is 37.3 Å². The topological polar surface area (TPSA) is 21.6 Å². The second-order valence-electron chi connectivity index (χ2n) is 4.04. The summed E-state index contributed by atoms with van der Waals surface area (Å²) in [5, 5.41) is 3.86. The number of hydrogen-bond donors (Lipinski definition) is 0. The first-order chi connectivity index (χ1) is 8.90. The van der Waals surface area contributed by atoms with Crippen LogP contribution in [0.4, 0.5) is 0 Å². The molecule has 2 nitrogen and oxygen atoms in total. The van der Waals surface area contributed by atoms with E-state index in [4.69, 9.17) is 4.84 Å². The average molecular weight is 239 g/mol. The van der Waals surface area contributed by atoms with E-state index in [2.05, 4.69) is 29.4 Å². The van der Waals surface area contributed by atoms with Gasteiger partial charge in [-0.25, -0.2) is 0 Å². The van der Waals surface area contributed by atoms with Crippen molar-refractivity contribution >= 4 is 6.21 Å². The van der Waals surface area contributed by atoms with Gasteiger partial charge < -0.3 is 4.84 Å². The van der Waals surface area contributed by atoms with E-state index in [1.54, 1.807) is 6.21 Å². The molecule has 0 radical (unpaired) electrons. The van der Waals surface area contributed by atoms with Crippen molar-refractivity contribution < 1.29 is 4.84 Å². The summed E-state index contributed by atoms with van der Waals surface area (Å²) in [6.07, 6.45) is 2.66. The molecule has 2 rings (SSSR count). The molecule has 0 heterocycles. The van der Waals surface area contributed by atoms with Crippen molar-refractivity contribution in [1.29, 1.82) is 0 Å². The summed E-state index contributed by atoms with van der Waals surface area (Å²) in [5.74, 6) is 0. The lowest BCUT2D eigenvalue weighted by molar-refractivity contribution is 0.131.